The largest absolute Gasteiger partial charge is 0.256 e. The average Bonchev–Trinajstić information content (AvgIpc) is 1.89. The summed E-state index contributed by atoms with van der Waals surface area (Å²) >= 11 is 8.18. The Morgan fingerprint density at radius 1 is 0.256 bits per heavy atom. The predicted octanol–water partition coefficient (Wildman–Crippen LogP) is 23.3. The molecule has 0 saturated heterocycles. The lowest BCUT2D eigenvalue weighted by Gasteiger charge is -2.21. The van der Waals surface area contributed by atoms with Gasteiger partial charge in [0, 0.05) is 55.4 Å². The number of hydrogen-bond donors (Lipinski definition) is 0. The molecule has 3 aromatic heterocycles. The first-order valence-electron chi connectivity index (χ1n) is 29.2. The van der Waals surface area contributed by atoms with Crippen molar-refractivity contribution in [3.05, 3.63) is 305 Å². The maximum Gasteiger partial charge on any atom is 0.0705 e. The van der Waals surface area contributed by atoms with E-state index in [4.69, 9.17) is 15.0 Å². The van der Waals surface area contributed by atoms with Crippen LogP contribution in [-0.4, -0.2) is 15.0 Å². The van der Waals surface area contributed by atoms with Gasteiger partial charge in [0.1, 0.15) is 0 Å². The average molecular weight is 1240 g/mol. The number of halogens is 2. The summed E-state index contributed by atoms with van der Waals surface area (Å²) in [6.07, 6.45) is 5.94. The molecule has 10 aromatic carbocycles. The number of hydrogen-bond acceptors (Lipinski definition) is 3. The van der Waals surface area contributed by atoms with Crippen LogP contribution in [0.15, 0.2) is 288 Å². The molecule has 0 radical (unpaired) electrons. The SMILES string of the molecule is Cc1cc(-c2ccc(-c3ccccc3-c3cc(-c4ccccc4-c4ccc(-c5cc(C)c(-c6ccccc6)cn5)cc4Br)cc(-c4ccccc4-c4ccc(-c5cc(C(C)(C)C)ccn5)cc4-c4ccccc4)c3)c(Br)c2)ncc1-c1ccccc1. The highest BCUT2D eigenvalue weighted by Crippen LogP contribution is 2.47. The fourth-order valence-corrected chi connectivity index (χ4v) is 13.1. The first-order chi connectivity index (χ1) is 41.9. The van der Waals surface area contributed by atoms with Crippen molar-refractivity contribution in [1.29, 1.82) is 0 Å². The topological polar surface area (TPSA) is 38.7 Å². The molecular formula is C81H61Br2N3. The Kier molecular flexibility index (Phi) is 15.5. The molecule has 0 aliphatic rings. The van der Waals surface area contributed by atoms with Gasteiger partial charge in [-0.3, -0.25) is 15.0 Å². The standard InChI is InChI=1S/C81H61Br2N3/c1-52-41-78(85-50-74(52)55-23-11-7-12-24-55)58-34-37-71(76(82)47-58)68-31-19-16-28-65(68)61-43-60(64-27-15-18-30-67(64)70-36-33-57(46-73(70)54-21-9-6-10-22-54)80-49-63(39-40-84-80)81(3,4)5)44-62(45-61)66-29-17-20-32-69(66)72-38-35-59(48-77(72)83)79-42-53(2)75(51-86-79)56-25-13-8-14-26-56/h6-51H,1-5H3. The molecule has 414 valence electrons. The Hall–Kier alpha value is -9.39. The second kappa shape index (κ2) is 23.9. The fourth-order valence-electron chi connectivity index (χ4n) is 11.9. The van der Waals surface area contributed by atoms with Crippen LogP contribution >= 0.6 is 31.9 Å². The smallest absolute Gasteiger partial charge is 0.0705 e. The summed E-state index contributed by atoms with van der Waals surface area (Å²) in [6.45, 7) is 11.1. The number of pyridine rings is 3. The molecule has 0 bridgehead atoms. The first kappa shape index (κ1) is 55.8. The monoisotopic (exact) mass is 1230 g/mol. The van der Waals surface area contributed by atoms with Gasteiger partial charge in [-0.15, -0.1) is 0 Å². The molecule has 0 aliphatic heterocycles. The summed E-state index contributed by atoms with van der Waals surface area (Å²) in [6, 6.07) is 94.2. The van der Waals surface area contributed by atoms with E-state index in [2.05, 4.69) is 315 Å². The van der Waals surface area contributed by atoms with Crippen molar-refractivity contribution >= 4 is 31.9 Å². The minimum absolute atomic E-state index is 0.0172. The fraction of sp³-hybridized carbons (Fsp3) is 0.0741. The van der Waals surface area contributed by atoms with E-state index >= 15 is 0 Å². The quantitative estimate of drug-likeness (QED) is 0.122. The molecule has 5 heteroatoms. The van der Waals surface area contributed by atoms with Crippen molar-refractivity contribution < 1.29 is 0 Å². The van der Waals surface area contributed by atoms with E-state index in [0.29, 0.717) is 0 Å². The maximum atomic E-state index is 4.99. The Morgan fingerprint density at radius 3 is 0.988 bits per heavy atom. The van der Waals surface area contributed by atoms with Gasteiger partial charge >= 0.3 is 0 Å². The molecule has 86 heavy (non-hydrogen) atoms. The molecule has 13 aromatic rings. The van der Waals surface area contributed by atoms with Gasteiger partial charge in [0.15, 0.2) is 0 Å². The molecule has 0 saturated carbocycles. The van der Waals surface area contributed by atoms with Crippen molar-refractivity contribution in [2.75, 3.05) is 0 Å². The first-order valence-corrected chi connectivity index (χ1v) is 30.8. The van der Waals surface area contributed by atoms with Crippen molar-refractivity contribution in [2.24, 2.45) is 0 Å². The Balaban J connectivity index is 0.955. The highest BCUT2D eigenvalue weighted by atomic mass is 79.9. The second-order valence-electron chi connectivity index (χ2n) is 23.1. The lowest BCUT2D eigenvalue weighted by molar-refractivity contribution is 0.589. The van der Waals surface area contributed by atoms with Gasteiger partial charge in [-0.1, -0.05) is 253 Å². The minimum Gasteiger partial charge on any atom is -0.256 e. The highest BCUT2D eigenvalue weighted by molar-refractivity contribution is 9.11. The van der Waals surface area contributed by atoms with E-state index in [1.165, 1.54) is 16.7 Å². The number of aryl methyl sites for hydroxylation is 2. The number of nitrogens with zero attached hydrogens (tertiary/aromatic N) is 3. The zero-order valence-corrected chi connectivity index (χ0v) is 51.8. The van der Waals surface area contributed by atoms with E-state index in [1.807, 2.05) is 30.7 Å². The maximum absolute atomic E-state index is 4.99. The Morgan fingerprint density at radius 2 is 0.593 bits per heavy atom. The van der Waals surface area contributed by atoms with Crippen LogP contribution in [0.1, 0.15) is 37.5 Å². The normalized spacial score (nSPS) is 11.4. The van der Waals surface area contributed by atoms with Crippen LogP contribution in [0.4, 0.5) is 0 Å². The molecule has 0 spiro atoms. The van der Waals surface area contributed by atoms with Gasteiger partial charge < -0.3 is 0 Å². The molecule has 13 rings (SSSR count). The van der Waals surface area contributed by atoms with E-state index in [1.54, 1.807) is 0 Å². The Bertz CT molecular complexity index is 4460. The molecule has 0 atom stereocenters. The van der Waals surface area contributed by atoms with Gasteiger partial charge in [0.05, 0.1) is 17.1 Å². The molecule has 3 heterocycles. The van der Waals surface area contributed by atoms with Gasteiger partial charge in [0.25, 0.3) is 0 Å². The zero-order valence-electron chi connectivity index (χ0n) is 48.7. The predicted molar refractivity (Wildman–Crippen MR) is 369 cm³/mol. The van der Waals surface area contributed by atoms with E-state index in [0.717, 1.165) is 143 Å². The van der Waals surface area contributed by atoms with Crippen LogP contribution in [0.5, 0.6) is 0 Å². The van der Waals surface area contributed by atoms with Crippen LogP contribution < -0.4 is 0 Å². The van der Waals surface area contributed by atoms with Crippen molar-refractivity contribution in [3.8, 4) is 134 Å². The summed E-state index contributed by atoms with van der Waals surface area (Å²) in [5.74, 6) is 0. The van der Waals surface area contributed by atoms with Gasteiger partial charge in [0.2, 0.25) is 0 Å². The van der Waals surface area contributed by atoms with Crippen LogP contribution in [0, 0.1) is 13.8 Å². The number of aromatic nitrogens is 3. The molecular weight excluding hydrogens is 1170 g/mol. The lowest BCUT2D eigenvalue weighted by Crippen LogP contribution is -2.11. The molecule has 0 N–H and O–H groups in total. The molecule has 3 nitrogen and oxygen atoms in total. The van der Waals surface area contributed by atoms with Crippen molar-refractivity contribution in [2.45, 2.75) is 40.0 Å². The van der Waals surface area contributed by atoms with Crippen LogP contribution in [0.3, 0.4) is 0 Å². The third kappa shape index (κ3) is 11.4. The van der Waals surface area contributed by atoms with Crippen LogP contribution in [-0.2, 0) is 5.41 Å². The third-order valence-corrected chi connectivity index (χ3v) is 17.8. The third-order valence-electron chi connectivity index (χ3n) is 16.5. The van der Waals surface area contributed by atoms with Gasteiger partial charge in [-0.2, -0.15) is 0 Å². The second-order valence-corrected chi connectivity index (χ2v) is 24.8. The minimum atomic E-state index is -0.0172. The van der Waals surface area contributed by atoms with Crippen LogP contribution in [0.25, 0.3) is 134 Å². The summed E-state index contributed by atoms with van der Waals surface area (Å²) in [5, 5.41) is 0. The highest BCUT2D eigenvalue weighted by Gasteiger charge is 2.22. The van der Waals surface area contributed by atoms with E-state index < -0.39 is 0 Å². The Labute approximate surface area is 522 Å². The number of benzene rings is 10. The number of rotatable bonds is 12. The van der Waals surface area contributed by atoms with Crippen LogP contribution in [0.2, 0.25) is 0 Å². The van der Waals surface area contributed by atoms with E-state index in [-0.39, 0.29) is 5.41 Å². The summed E-state index contributed by atoms with van der Waals surface area (Å²) in [5.41, 5.74) is 29.8. The molecule has 0 fully saturated rings. The summed E-state index contributed by atoms with van der Waals surface area (Å²) in [4.78, 5) is 14.9. The van der Waals surface area contributed by atoms with E-state index in [9.17, 15) is 0 Å². The summed E-state index contributed by atoms with van der Waals surface area (Å²) < 4.78 is 1.98. The molecule has 0 unspecified atom stereocenters. The van der Waals surface area contributed by atoms with Gasteiger partial charge in [-0.25, -0.2) is 0 Å². The lowest BCUT2D eigenvalue weighted by atomic mass is 9.84. The van der Waals surface area contributed by atoms with Gasteiger partial charge in [-0.05, 0) is 186 Å². The molecule has 0 amide bonds. The molecule has 0 aliphatic carbocycles. The van der Waals surface area contributed by atoms with Crippen molar-refractivity contribution in [1.82, 2.24) is 15.0 Å². The summed E-state index contributed by atoms with van der Waals surface area (Å²) in [7, 11) is 0. The zero-order chi connectivity index (χ0) is 58.9. The van der Waals surface area contributed by atoms with Crippen molar-refractivity contribution in [3.63, 3.8) is 0 Å².